The third kappa shape index (κ3) is 5.38. The van der Waals surface area contributed by atoms with E-state index in [0.717, 1.165) is 24.3 Å². The molecule has 0 radical (unpaired) electrons. The van der Waals surface area contributed by atoms with Crippen molar-refractivity contribution in [2.45, 2.75) is 89.9 Å². The van der Waals surface area contributed by atoms with Gasteiger partial charge in [0.15, 0.2) is 0 Å². The van der Waals surface area contributed by atoms with E-state index < -0.39 is 0 Å². The number of aromatic nitrogens is 1. The number of rotatable bonds is 4. The van der Waals surface area contributed by atoms with Crippen LogP contribution in [0.25, 0.3) is 22.3 Å². The Balaban J connectivity index is 1.20. The summed E-state index contributed by atoms with van der Waals surface area (Å²) in [5.74, 6) is 0.998. The van der Waals surface area contributed by atoms with Crippen LogP contribution in [-0.2, 0) is 21.7 Å². The average Bonchev–Trinajstić information content (AvgIpc) is 3.54. The molecule has 3 heterocycles. The lowest BCUT2D eigenvalue weighted by Gasteiger charge is -2.44. The van der Waals surface area contributed by atoms with Gasteiger partial charge in [-0.15, -0.1) is 0 Å². The monoisotopic (exact) mass is 765 g/mol. The fraction of sp³-hybridized carbons (Fsp3) is 0.255. The van der Waals surface area contributed by atoms with Crippen molar-refractivity contribution < 1.29 is 0 Å². The summed E-state index contributed by atoms with van der Waals surface area (Å²) >= 11 is 0. The van der Waals surface area contributed by atoms with Crippen LogP contribution in [-0.4, -0.2) is 11.7 Å². The molecule has 0 bridgehead atoms. The van der Waals surface area contributed by atoms with Gasteiger partial charge in [-0.05, 0) is 138 Å². The second kappa shape index (κ2) is 12.3. The Bertz CT molecular complexity index is 2830. The van der Waals surface area contributed by atoms with Gasteiger partial charge in [-0.1, -0.05) is 152 Å². The van der Waals surface area contributed by atoms with E-state index in [-0.39, 0.29) is 28.4 Å². The molecule has 3 nitrogen and oxygen atoms in total. The quantitative estimate of drug-likeness (QED) is 0.166. The molecule has 0 spiro atoms. The Morgan fingerprint density at radius 2 is 0.949 bits per heavy atom. The first-order chi connectivity index (χ1) is 28.2. The lowest BCUT2D eigenvalue weighted by atomic mass is 9.33. The summed E-state index contributed by atoms with van der Waals surface area (Å²) in [7, 11) is 0. The molecule has 0 saturated carbocycles. The van der Waals surface area contributed by atoms with E-state index in [0.29, 0.717) is 0 Å². The summed E-state index contributed by atoms with van der Waals surface area (Å²) in [6.45, 7) is 19.5. The molecule has 290 valence electrons. The Kier molecular flexibility index (Phi) is 7.57. The Hall–Kier alpha value is -5.87. The molecule has 7 aromatic rings. The largest absolute Gasteiger partial charge is 0.311 e. The molecule has 11 rings (SSSR count). The van der Waals surface area contributed by atoms with E-state index in [1.807, 2.05) is 6.20 Å². The minimum Gasteiger partial charge on any atom is -0.311 e. The minimum absolute atomic E-state index is 0.00642. The highest BCUT2D eigenvalue weighted by Crippen LogP contribution is 2.54. The summed E-state index contributed by atoms with van der Waals surface area (Å²) in [5, 5.41) is 0. The first kappa shape index (κ1) is 36.2. The molecule has 0 fully saturated rings. The second-order valence-corrected chi connectivity index (χ2v) is 20.3. The van der Waals surface area contributed by atoms with Gasteiger partial charge >= 0.3 is 0 Å². The number of nitrogens with zero attached hydrogens (tertiary/aromatic N) is 3. The van der Waals surface area contributed by atoms with Crippen LogP contribution in [0.4, 0.5) is 34.3 Å². The van der Waals surface area contributed by atoms with Crippen LogP contribution < -0.4 is 26.2 Å². The molecule has 2 aliphatic heterocycles. The van der Waals surface area contributed by atoms with Gasteiger partial charge in [-0.25, -0.2) is 4.98 Å². The van der Waals surface area contributed by atoms with Crippen molar-refractivity contribution in [3.63, 3.8) is 0 Å². The van der Waals surface area contributed by atoms with Gasteiger partial charge in [0.1, 0.15) is 5.82 Å². The Morgan fingerprint density at radius 1 is 0.424 bits per heavy atom. The molecule has 1 aromatic heterocycles. The fourth-order valence-electron chi connectivity index (χ4n) is 12.2. The maximum atomic E-state index is 5.35. The molecule has 4 heteroatoms. The van der Waals surface area contributed by atoms with Gasteiger partial charge in [0.25, 0.3) is 6.71 Å². The number of benzene rings is 6. The molecule has 0 saturated heterocycles. The maximum absolute atomic E-state index is 5.35. The lowest BCUT2D eigenvalue weighted by Crippen LogP contribution is -2.62. The fourth-order valence-corrected chi connectivity index (χ4v) is 12.2. The highest BCUT2D eigenvalue weighted by molar-refractivity contribution is 7.00. The normalized spacial score (nSPS) is 18.1. The maximum Gasteiger partial charge on any atom is 0.254 e. The van der Waals surface area contributed by atoms with Crippen LogP contribution in [0.15, 0.2) is 146 Å². The van der Waals surface area contributed by atoms with E-state index in [1.54, 1.807) is 0 Å². The van der Waals surface area contributed by atoms with Crippen LogP contribution in [0.2, 0.25) is 0 Å². The van der Waals surface area contributed by atoms with Crippen molar-refractivity contribution in [1.29, 1.82) is 0 Å². The summed E-state index contributed by atoms with van der Waals surface area (Å²) in [6.07, 6.45) is 4.29. The predicted molar refractivity (Wildman–Crippen MR) is 250 cm³/mol. The van der Waals surface area contributed by atoms with Crippen molar-refractivity contribution in [2.24, 2.45) is 0 Å². The molecule has 4 aliphatic rings. The van der Waals surface area contributed by atoms with E-state index in [4.69, 9.17) is 4.98 Å². The molecule has 0 atom stereocenters. The molecule has 6 aromatic carbocycles. The van der Waals surface area contributed by atoms with Crippen LogP contribution in [0, 0.1) is 0 Å². The van der Waals surface area contributed by atoms with Crippen molar-refractivity contribution in [1.82, 2.24) is 4.98 Å². The van der Waals surface area contributed by atoms with E-state index in [1.165, 1.54) is 83.6 Å². The van der Waals surface area contributed by atoms with Gasteiger partial charge in [0.2, 0.25) is 0 Å². The molecule has 59 heavy (non-hydrogen) atoms. The zero-order chi connectivity index (χ0) is 40.6. The topological polar surface area (TPSA) is 19.4 Å². The van der Waals surface area contributed by atoms with Crippen LogP contribution in [0.3, 0.4) is 0 Å². The summed E-state index contributed by atoms with van der Waals surface area (Å²) < 4.78 is 0. The van der Waals surface area contributed by atoms with E-state index in [2.05, 4.69) is 205 Å². The molecule has 0 N–H and O–H groups in total. The number of pyridine rings is 1. The smallest absolute Gasteiger partial charge is 0.254 e. The first-order valence-corrected chi connectivity index (χ1v) is 21.5. The number of fused-ring (bicyclic) bond motifs is 6. The van der Waals surface area contributed by atoms with Crippen molar-refractivity contribution in [3.8, 4) is 22.3 Å². The molecule has 2 aliphatic carbocycles. The molecule has 0 unspecified atom stereocenters. The third-order valence-electron chi connectivity index (χ3n) is 14.3. The number of hydrogen-bond acceptors (Lipinski definition) is 3. The van der Waals surface area contributed by atoms with Gasteiger partial charge in [-0.3, -0.25) is 4.90 Å². The Morgan fingerprint density at radius 3 is 1.61 bits per heavy atom. The van der Waals surface area contributed by atoms with Crippen LogP contribution in [0.1, 0.15) is 90.5 Å². The summed E-state index contributed by atoms with van der Waals surface area (Å²) in [5.41, 5.74) is 21.0. The van der Waals surface area contributed by atoms with Gasteiger partial charge in [0.05, 0.1) is 0 Å². The number of anilines is 6. The highest BCUT2D eigenvalue weighted by Gasteiger charge is 2.49. The number of hydrogen-bond donors (Lipinski definition) is 0. The van der Waals surface area contributed by atoms with Crippen molar-refractivity contribution >= 4 is 57.4 Å². The van der Waals surface area contributed by atoms with Crippen molar-refractivity contribution in [3.05, 3.63) is 168 Å². The molecule has 0 amide bonds. The van der Waals surface area contributed by atoms with Gasteiger partial charge in [-0.2, -0.15) is 0 Å². The van der Waals surface area contributed by atoms with Gasteiger partial charge < -0.3 is 4.90 Å². The lowest BCUT2D eigenvalue weighted by molar-refractivity contribution is 0.403. The first-order valence-electron chi connectivity index (χ1n) is 21.5. The Labute approximate surface area is 350 Å². The third-order valence-corrected chi connectivity index (χ3v) is 14.3. The van der Waals surface area contributed by atoms with Crippen LogP contribution in [0.5, 0.6) is 0 Å². The van der Waals surface area contributed by atoms with E-state index in [9.17, 15) is 0 Å². The molecular weight excluding hydrogens is 713 g/mol. The van der Waals surface area contributed by atoms with Crippen molar-refractivity contribution in [2.75, 3.05) is 9.80 Å². The SMILES string of the molecule is CC1(C)CC(C)(C)c2cc(N3c4cc5c(cc4B4c6cc(-c7ccccc7)ccc6N(c6ccc(-c7ccccc7)cc6)c6nccc3c64)C(C)(C)CC5(C)C)ccc21. The minimum atomic E-state index is -0.00642. The predicted octanol–water partition coefficient (Wildman–Crippen LogP) is 12.4. The summed E-state index contributed by atoms with van der Waals surface area (Å²) in [4.78, 5) is 10.4. The van der Waals surface area contributed by atoms with Crippen LogP contribution >= 0.6 is 0 Å². The highest BCUT2D eigenvalue weighted by atomic mass is 15.2. The zero-order valence-electron chi connectivity index (χ0n) is 35.7. The van der Waals surface area contributed by atoms with E-state index >= 15 is 0 Å². The zero-order valence-corrected chi connectivity index (χ0v) is 35.7. The van der Waals surface area contributed by atoms with Gasteiger partial charge in [0, 0.05) is 34.6 Å². The standard InChI is InChI=1S/C55H52BN3/c1-52(2)33-53(3,4)42-30-40(24-25-41(42)52)58-48-27-28-57-51-50(48)56(46-31-43-44(32-49(46)58)55(7,8)34-54(43,5)6)45-29-38(36-17-13-10-14-18-36)21-26-47(45)59(51)39-22-19-37(20-23-39)35-15-11-9-12-16-35/h9-32H,33-34H2,1-8H3. The molecular formula is C55H52BN3. The summed E-state index contributed by atoms with van der Waals surface area (Å²) in [6, 6.07) is 52.5. The average molecular weight is 766 g/mol. The second-order valence-electron chi connectivity index (χ2n) is 20.3.